The molecule has 2 aromatic heterocycles. The summed E-state index contributed by atoms with van der Waals surface area (Å²) in [6.07, 6.45) is 0. The average Bonchev–Trinajstić information content (AvgIpc) is 3.95. The standard InChI is InChI=1S/C59H40N2S/c1-59(2)51-22-12-10-18-45(51)46-32-30-44(36-52(46)59)60(42-29-26-38-16-6-7-17-40(38)34-42)43-31-33-53-50(35-43)55-47-19-8-9-20-48(47)56-49-21-11-13-23-54(49)62-58(56)57(55)61(53)41-27-24-39(25-28-41)37-14-4-3-5-15-37/h3-36H,1-2H3. The van der Waals surface area contributed by atoms with Gasteiger partial charge in [-0.25, -0.2) is 0 Å². The number of fused-ring (bicyclic) bond motifs is 14. The third-order valence-electron chi connectivity index (χ3n) is 13.5. The monoisotopic (exact) mass is 808 g/mol. The van der Waals surface area contributed by atoms with Gasteiger partial charge in [-0.2, -0.15) is 0 Å². The zero-order chi connectivity index (χ0) is 41.1. The number of hydrogen-bond acceptors (Lipinski definition) is 2. The third kappa shape index (κ3) is 5.09. The Morgan fingerprint density at radius 1 is 0.435 bits per heavy atom. The molecule has 0 amide bonds. The van der Waals surface area contributed by atoms with Crippen LogP contribution in [0.5, 0.6) is 0 Å². The molecular weight excluding hydrogens is 769 g/mol. The van der Waals surface area contributed by atoms with Crippen LogP contribution in [0.15, 0.2) is 206 Å². The molecule has 2 heterocycles. The minimum atomic E-state index is -0.126. The first-order valence-electron chi connectivity index (χ1n) is 21.5. The number of nitrogens with zero attached hydrogens (tertiary/aromatic N) is 2. The van der Waals surface area contributed by atoms with E-state index in [0.717, 1.165) is 22.7 Å². The van der Waals surface area contributed by atoms with Gasteiger partial charge in [-0.15, -0.1) is 11.3 Å². The minimum absolute atomic E-state index is 0.126. The van der Waals surface area contributed by atoms with E-state index >= 15 is 0 Å². The summed E-state index contributed by atoms with van der Waals surface area (Å²) in [5, 5.41) is 10.2. The molecule has 0 atom stereocenters. The van der Waals surface area contributed by atoms with Crippen molar-refractivity contribution in [1.29, 1.82) is 0 Å². The summed E-state index contributed by atoms with van der Waals surface area (Å²) < 4.78 is 5.15. The largest absolute Gasteiger partial charge is 0.310 e. The summed E-state index contributed by atoms with van der Waals surface area (Å²) in [5.41, 5.74) is 14.7. The van der Waals surface area contributed by atoms with E-state index in [2.05, 4.69) is 230 Å². The van der Waals surface area contributed by atoms with Gasteiger partial charge in [-0.3, -0.25) is 0 Å². The Bertz CT molecular complexity index is 3780. The molecule has 13 rings (SSSR count). The van der Waals surface area contributed by atoms with Crippen LogP contribution in [0.1, 0.15) is 25.0 Å². The van der Waals surface area contributed by atoms with E-state index < -0.39 is 0 Å². The second-order valence-corrected chi connectivity index (χ2v) is 18.3. The highest BCUT2D eigenvalue weighted by Crippen LogP contribution is 2.52. The summed E-state index contributed by atoms with van der Waals surface area (Å²) in [6.45, 7) is 4.74. The minimum Gasteiger partial charge on any atom is -0.310 e. The Labute approximate surface area is 364 Å². The summed E-state index contributed by atoms with van der Waals surface area (Å²) in [4.78, 5) is 2.48. The van der Waals surface area contributed by atoms with Crippen LogP contribution in [0.25, 0.3) is 91.5 Å². The SMILES string of the molecule is CC1(C)c2ccccc2-c2ccc(N(c3ccc4ccccc4c3)c3ccc4c(c3)c3c5ccccc5c5c6ccccc6sc5c3n4-c3ccc(-c4ccccc4)cc3)cc21. The normalized spacial score (nSPS) is 13.1. The van der Waals surface area contributed by atoms with Crippen LogP contribution in [0.4, 0.5) is 17.1 Å². The van der Waals surface area contributed by atoms with E-state index in [-0.39, 0.29) is 5.41 Å². The highest BCUT2D eigenvalue weighted by molar-refractivity contribution is 7.27. The van der Waals surface area contributed by atoms with Crippen molar-refractivity contribution in [3.8, 4) is 27.9 Å². The lowest BCUT2D eigenvalue weighted by atomic mass is 9.82. The smallest absolute Gasteiger partial charge is 0.0726 e. The molecule has 0 aliphatic heterocycles. The molecule has 0 unspecified atom stereocenters. The third-order valence-corrected chi connectivity index (χ3v) is 14.7. The van der Waals surface area contributed by atoms with Gasteiger partial charge in [0.1, 0.15) is 0 Å². The van der Waals surface area contributed by atoms with Crippen LogP contribution < -0.4 is 4.90 Å². The van der Waals surface area contributed by atoms with Crippen LogP contribution in [0, 0.1) is 0 Å². The molecule has 0 N–H and O–H groups in total. The average molecular weight is 809 g/mol. The number of rotatable bonds is 5. The van der Waals surface area contributed by atoms with Gasteiger partial charge in [-0.1, -0.05) is 159 Å². The van der Waals surface area contributed by atoms with E-state index in [1.807, 2.05) is 11.3 Å². The summed E-state index contributed by atoms with van der Waals surface area (Å²) in [5.74, 6) is 0. The lowest BCUT2D eigenvalue weighted by Crippen LogP contribution is -2.16. The summed E-state index contributed by atoms with van der Waals surface area (Å²) in [6, 6.07) is 76.6. The molecule has 0 radical (unpaired) electrons. The van der Waals surface area contributed by atoms with Crippen molar-refractivity contribution in [2.45, 2.75) is 19.3 Å². The van der Waals surface area contributed by atoms with Gasteiger partial charge < -0.3 is 9.47 Å². The maximum atomic E-state index is 2.53. The molecule has 62 heavy (non-hydrogen) atoms. The van der Waals surface area contributed by atoms with Gasteiger partial charge >= 0.3 is 0 Å². The molecule has 0 saturated carbocycles. The van der Waals surface area contributed by atoms with Crippen LogP contribution in [0.2, 0.25) is 0 Å². The molecule has 3 heteroatoms. The fourth-order valence-electron chi connectivity index (χ4n) is 10.6. The Kier molecular flexibility index (Phi) is 7.56. The predicted octanol–water partition coefficient (Wildman–Crippen LogP) is 16.9. The van der Waals surface area contributed by atoms with Gasteiger partial charge in [-0.05, 0) is 116 Å². The number of aromatic nitrogens is 1. The van der Waals surface area contributed by atoms with Crippen molar-refractivity contribution >= 4 is 91.9 Å². The maximum Gasteiger partial charge on any atom is 0.0726 e. The second-order valence-electron chi connectivity index (χ2n) is 17.3. The van der Waals surface area contributed by atoms with Gasteiger partial charge in [0.15, 0.2) is 0 Å². The summed E-state index contributed by atoms with van der Waals surface area (Å²) >= 11 is 1.91. The first-order chi connectivity index (χ1) is 30.5. The molecule has 1 aliphatic rings. The van der Waals surface area contributed by atoms with E-state index in [9.17, 15) is 0 Å². The Morgan fingerprint density at radius 3 is 1.89 bits per heavy atom. The quantitative estimate of drug-likeness (QED) is 0.168. The van der Waals surface area contributed by atoms with Crippen molar-refractivity contribution in [1.82, 2.24) is 4.57 Å². The van der Waals surface area contributed by atoms with E-state index in [0.29, 0.717) is 0 Å². The number of benzene rings is 10. The highest BCUT2D eigenvalue weighted by atomic mass is 32.1. The van der Waals surface area contributed by atoms with Gasteiger partial charge in [0, 0.05) is 54.4 Å². The topological polar surface area (TPSA) is 8.17 Å². The number of anilines is 3. The van der Waals surface area contributed by atoms with E-state index in [1.54, 1.807) is 0 Å². The molecule has 2 nitrogen and oxygen atoms in total. The summed E-state index contributed by atoms with van der Waals surface area (Å²) in [7, 11) is 0. The Balaban J connectivity index is 1.11. The van der Waals surface area contributed by atoms with Gasteiger partial charge in [0.25, 0.3) is 0 Å². The fraction of sp³-hybridized carbons (Fsp3) is 0.0508. The first kappa shape index (κ1) is 35.3. The Hall–Kier alpha value is -7.46. The molecule has 0 spiro atoms. The molecule has 292 valence electrons. The van der Waals surface area contributed by atoms with Crippen molar-refractivity contribution in [3.63, 3.8) is 0 Å². The van der Waals surface area contributed by atoms with Gasteiger partial charge in [0.2, 0.25) is 0 Å². The molecule has 0 saturated heterocycles. The maximum absolute atomic E-state index is 2.53. The molecule has 1 aliphatic carbocycles. The van der Waals surface area contributed by atoms with Crippen LogP contribution in [-0.4, -0.2) is 4.57 Å². The lowest BCUT2D eigenvalue weighted by Gasteiger charge is -2.28. The lowest BCUT2D eigenvalue weighted by molar-refractivity contribution is 0.660. The van der Waals surface area contributed by atoms with Crippen molar-refractivity contribution in [2.24, 2.45) is 0 Å². The molecule has 0 bridgehead atoms. The van der Waals surface area contributed by atoms with Crippen LogP contribution in [0.3, 0.4) is 0 Å². The first-order valence-corrected chi connectivity index (χ1v) is 22.3. The Morgan fingerprint density at radius 2 is 1.05 bits per heavy atom. The molecule has 10 aromatic carbocycles. The number of thiophene rings is 1. The van der Waals surface area contributed by atoms with Crippen LogP contribution in [-0.2, 0) is 5.41 Å². The van der Waals surface area contributed by atoms with Crippen molar-refractivity contribution in [2.75, 3.05) is 4.90 Å². The fourth-order valence-corrected chi connectivity index (χ4v) is 11.9. The van der Waals surface area contributed by atoms with E-state index in [1.165, 1.54) is 96.9 Å². The number of hydrogen-bond donors (Lipinski definition) is 0. The molecule has 0 fully saturated rings. The van der Waals surface area contributed by atoms with Gasteiger partial charge in [0.05, 0.1) is 15.7 Å². The zero-order valence-electron chi connectivity index (χ0n) is 34.4. The molecular formula is C59H40N2S. The van der Waals surface area contributed by atoms with Crippen molar-refractivity contribution in [3.05, 3.63) is 217 Å². The van der Waals surface area contributed by atoms with Crippen molar-refractivity contribution < 1.29 is 0 Å². The second kappa shape index (κ2) is 13.3. The molecule has 12 aromatic rings. The zero-order valence-corrected chi connectivity index (χ0v) is 35.2. The van der Waals surface area contributed by atoms with E-state index in [4.69, 9.17) is 0 Å². The van der Waals surface area contributed by atoms with Crippen LogP contribution >= 0.6 is 11.3 Å². The highest BCUT2D eigenvalue weighted by Gasteiger charge is 2.36. The predicted molar refractivity (Wildman–Crippen MR) is 266 cm³/mol.